The fraction of sp³-hybridized carbons (Fsp3) is 0.0600. The van der Waals surface area contributed by atoms with Crippen molar-refractivity contribution in [1.82, 2.24) is 15.0 Å². The van der Waals surface area contributed by atoms with Gasteiger partial charge in [0.2, 0.25) is 0 Å². The maximum absolute atomic E-state index is 6.69. The molecule has 0 saturated heterocycles. The average molecular weight is 690 g/mol. The Labute approximate surface area is 313 Å². The molecule has 1 spiro atoms. The summed E-state index contributed by atoms with van der Waals surface area (Å²) in [6.45, 7) is 0. The molecule has 4 heteroatoms. The lowest BCUT2D eigenvalue weighted by Crippen LogP contribution is -2.25. The first-order valence-corrected chi connectivity index (χ1v) is 18.6. The molecule has 7 aromatic carbocycles. The molecule has 0 saturated carbocycles. The highest BCUT2D eigenvalue weighted by atomic mass is 16.5. The van der Waals surface area contributed by atoms with Crippen LogP contribution in [0.25, 0.3) is 62.5 Å². The van der Waals surface area contributed by atoms with Gasteiger partial charge in [-0.3, -0.25) is 0 Å². The van der Waals surface area contributed by atoms with Gasteiger partial charge in [0.25, 0.3) is 0 Å². The molecule has 54 heavy (non-hydrogen) atoms. The number of ether oxygens (including phenoxy) is 1. The van der Waals surface area contributed by atoms with Crippen molar-refractivity contribution in [3.05, 3.63) is 209 Å². The average Bonchev–Trinajstić information content (AvgIpc) is 3.88. The lowest BCUT2D eigenvalue weighted by molar-refractivity contribution is 0.224. The molecule has 1 aromatic heterocycles. The van der Waals surface area contributed by atoms with Crippen molar-refractivity contribution in [3.63, 3.8) is 0 Å². The fourth-order valence-electron chi connectivity index (χ4n) is 9.71. The quantitative estimate of drug-likeness (QED) is 0.185. The van der Waals surface area contributed by atoms with Gasteiger partial charge in [-0.15, -0.1) is 0 Å². The number of para-hydroxylation sites is 1. The van der Waals surface area contributed by atoms with Crippen LogP contribution in [0.15, 0.2) is 170 Å². The Morgan fingerprint density at radius 2 is 1.02 bits per heavy atom. The first-order valence-electron chi connectivity index (χ1n) is 18.6. The predicted molar refractivity (Wildman–Crippen MR) is 214 cm³/mol. The van der Waals surface area contributed by atoms with Crippen LogP contribution in [0.5, 0.6) is 5.75 Å². The molecular weight excluding hydrogens is 659 g/mol. The number of benzene rings is 7. The molecule has 4 nitrogen and oxygen atoms in total. The molecule has 2 unspecified atom stereocenters. The van der Waals surface area contributed by atoms with Crippen LogP contribution < -0.4 is 4.74 Å². The highest BCUT2D eigenvalue weighted by molar-refractivity contribution is 5.96. The Morgan fingerprint density at radius 3 is 1.76 bits per heavy atom. The molecule has 8 aromatic rings. The molecule has 1 aliphatic heterocycles. The van der Waals surface area contributed by atoms with Crippen LogP contribution in [-0.4, -0.2) is 15.0 Å². The minimum Gasteiger partial charge on any atom is -0.484 e. The number of nitrogens with zero attached hydrogens (tertiary/aromatic N) is 3. The van der Waals surface area contributed by atoms with Crippen molar-refractivity contribution < 1.29 is 4.74 Å². The lowest BCUT2D eigenvalue weighted by atomic mass is 9.70. The topological polar surface area (TPSA) is 47.9 Å². The van der Waals surface area contributed by atoms with Crippen molar-refractivity contribution >= 4 is 6.08 Å². The van der Waals surface area contributed by atoms with Gasteiger partial charge in [0.15, 0.2) is 17.5 Å². The van der Waals surface area contributed by atoms with E-state index in [1.807, 2.05) is 24.3 Å². The largest absolute Gasteiger partial charge is 0.484 e. The summed E-state index contributed by atoms with van der Waals surface area (Å²) in [6, 6.07) is 58.5. The Bertz CT molecular complexity index is 2850. The fourth-order valence-corrected chi connectivity index (χ4v) is 9.71. The molecule has 0 fully saturated rings. The molecule has 2 atom stereocenters. The highest BCUT2D eigenvalue weighted by Crippen LogP contribution is 2.63. The van der Waals surface area contributed by atoms with E-state index in [4.69, 9.17) is 19.7 Å². The van der Waals surface area contributed by atoms with E-state index in [1.165, 1.54) is 50.1 Å². The minimum atomic E-state index is -0.400. The van der Waals surface area contributed by atoms with Crippen LogP contribution >= 0.6 is 0 Å². The molecule has 252 valence electrons. The summed E-state index contributed by atoms with van der Waals surface area (Å²) in [4.78, 5) is 15.7. The highest BCUT2D eigenvalue weighted by Gasteiger charge is 2.51. The van der Waals surface area contributed by atoms with E-state index in [2.05, 4.69) is 152 Å². The van der Waals surface area contributed by atoms with E-state index in [-0.39, 0.29) is 12.0 Å². The van der Waals surface area contributed by atoms with Gasteiger partial charge in [-0.25, -0.2) is 15.0 Å². The monoisotopic (exact) mass is 689 g/mol. The number of hydrogen-bond donors (Lipinski definition) is 0. The third-order valence-corrected chi connectivity index (χ3v) is 11.9. The zero-order chi connectivity index (χ0) is 35.4. The third kappa shape index (κ3) is 3.94. The third-order valence-electron chi connectivity index (χ3n) is 11.9. The van der Waals surface area contributed by atoms with Crippen LogP contribution in [0, 0.1) is 0 Å². The summed E-state index contributed by atoms with van der Waals surface area (Å²) in [7, 11) is 0. The molecule has 3 aliphatic carbocycles. The number of hydrogen-bond acceptors (Lipinski definition) is 4. The van der Waals surface area contributed by atoms with Gasteiger partial charge in [0, 0.05) is 33.7 Å². The van der Waals surface area contributed by atoms with Crippen molar-refractivity contribution in [3.8, 4) is 62.2 Å². The summed E-state index contributed by atoms with van der Waals surface area (Å²) in [6.07, 6.45) is 4.33. The maximum Gasteiger partial charge on any atom is 0.164 e. The van der Waals surface area contributed by atoms with Crippen LogP contribution in [-0.2, 0) is 5.41 Å². The lowest BCUT2D eigenvalue weighted by Gasteiger charge is -2.30. The molecule has 2 heterocycles. The molecule has 0 bridgehead atoms. The van der Waals surface area contributed by atoms with E-state index in [0.29, 0.717) is 17.5 Å². The van der Waals surface area contributed by atoms with Gasteiger partial charge in [-0.05, 0) is 62.2 Å². The van der Waals surface area contributed by atoms with Crippen LogP contribution in [0.2, 0.25) is 0 Å². The summed E-state index contributed by atoms with van der Waals surface area (Å²) in [5.74, 6) is 2.98. The van der Waals surface area contributed by atoms with E-state index in [1.54, 1.807) is 0 Å². The Morgan fingerprint density at radius 1 is 0.444 bits per heavy atom. The molecule has 0 N–H and O–H groups in total. The second-order valence-electron chi connectivity index (χ2n) is 14.6. The second kappa shape index (κ2) is 11.0. The van der Waals surface area contributed by atoms with E-state index >= 15 is 0 Å². The van der Waals surface area contributed by atoms with Crippen molar-refractivity contribution in [2.24, 2.45) is 0 Å². The molecule has 12 rings (SSSR count). The first-order chi connectivity index (χ1) is 26.8. The van der Waals surface area contributed by atoms with Crippen LogP contribution in [0.4, 0.5) is 0 Å². The standard InChI is InChI=1S/C50H31N3O/c1-2-13-31(14-3-1)47-51-48(53-49(52-47)38-20-12-15-30-25-27-37-36-19-7-11-24-44(36)54-46(37)45(30)38)32-26-28-43-39(29-32)35-18-6-10-23-42(35)50(43)40-21-8-4-16-33(40)34-17-5-9-22-41(34)50/h1-29,37,46H. The van der Waals surface area contributed by atoms with Crippen LogP contribution in [0.3, 0.4) is 0 Å². The van der Waals surface area contributed by atoms with Crippen molar-refractivity contribution in [1.29, 1.82) is 0 Å². The molecular formula is C50H31N3O. The zero-order valence-electron chi connectivity index (χ0n) is 29.1. The Hall–Kier alpha value is -6.91. The van der Waals surface area contributed by atoms with Gasteiger partial charge in [0.05, 0.1) is 5.41 Å². The van der Waals surface area contributed by atoms with E-state index < -0.39 is 5.41 Å². The summed E-state index contributed by atoms with van der Waals surface area (Å²) in [5, 5.41) is 0. The summed E-state index contributed by atoms with van der Waals surface area (Å²) >= 11 is 0. The first kappa shape index (κ1) is 29.6. The van der Waals surface area contributed by atoms with Gasteiger partial charge in [-0.2, -0.15) is 0 Å². The van der Waals surface area contributed by atoms with Gasteiger partial charge in [0.1, 0.15) is 11.9 Å². The predicted octanol–water partition coefficient (Wildman–Crippen LogP) is 11.5. The number of rotatable bonds is 3. The van der Waals surface area contributed by atoms with E-state index in [9.17, 15) is 0 Å². The van der Waals surface area contributed by atoms with Gasteiger partial charge in [-0.1, -0.05) is 164 Å². The van der Waals surface area contributed by atoms with Gasteiger partial charge >= 0.3 is 0 Å². The second-order valence-corrected chi connectivity index (χ2v) is 14.6. The van der Waals surface area contributed by atoms with E-state index in [0.717, 1.165) is 33.6 Å². The van der Waals surface area contributed by atoms with Crippen LogP contribution in [0.1, 0.15) is 51.0 Å². The summed E-state index contributed by atoms with van der Waals surface area (Å²) in [5.41, 5.74) is 16.2. The van der Waals surface area contributed by atoms with Crippen molar-refractivity contribution in [2.75, 3.05) is 0 Å². The molecule has 4 aliphatic rings. The van der Waals surface area contributed by atoms with Gasteiger partial charge < -0.3 is 4.74 Å². The zero-order valence-corrected chi connectivity index (χ0v) is 29.1. The maximum atomic E-state index is 6.69. The minimum absolute atomic E-state index is 0.125. The molecule has 0 radical (unpaired) electrons. The summed E-state index contributed by atoms with van der Waals surface area (Å²) < 4.78 is 6.69. The number of fused-ring (bicyclic) bond motifs is 15. The SMILES string of the molecule is C1=CC2c3ccccc3OC2c2c1cccc2-c1nc(-c2ccccc2)nc(-c2ccc3c(c2)-c2ccccc2C32c3ccccc3-c3ccccc32)n1. The smallest absolute Gasteiger partial charge is 0.164 e. The molecule has 0 amide bonds. The van der Waals surface area contributed by atoms with Crippen molar-refractivity contribution in [2.45, 2.75) is 17.4 Å². The number of aromatic nitrogens is 3. The Balaban J connectivity index is 1.07. The normalized spacial score (nSPS) is 17.1. The Kier molecular flexibility index (Phi) is 6.07.